The van der Waals surface area contributed by atoms with Crippen molar-refractivity contribution in [3.8, 4) is 0 Å². The molecule has 0 aromatic heterocycles. The summed E-state index contributed by atoms with van der Waals surface area (Å²) in [5.41, 5.74) is 0. The molecule has 0 spiro atoms. The maximum absolute atomic E-state index is 11.1. The number of hydrogen-bond acceptors (Lipinski definition) is 4. The predicted molar refractivity (Wildman–Crippen MR) is 52.9 cm³/mol. The van der Waals surface area contributed by atoms with Crippen molar-refractivity contribution >= 4 is 5.97 Å². The summed E-state index contributed by atoms with van der Waals surface area (Å²) in [5.74, 6) is 0.141. The zero-order chi connectivity index (χ0) is 11.0. The van der Waals surface area contributed by atoms with E-state index in [-0.39, 0.29) is 31.9 Å². The lowest BCUT2D eigenvalue weighted by molar-refractivity contribution is -0.154. The highest BCUT2D eigenvalue weighted by atomic mass is 16.6. The van der Waals surface area contributed by atoms with Gasteiger partial charge in [0, 0.05) is 0 Å². The van der Waals surface area contributed by atoms with E-state index in [0.717, 1.165) is 6.42 Å². The zero-order valence-electron chi connectivity index (χ0n) is 9.16. The van der Waals surface area contributed by atoms with E-state index in [9.17, 15) is 4.79 Å². The molecule has 0 saturated heterocycles. The molecule has 0 aromatic carbocycles. The number of rotatable bonds is 7. The van der Waals surface area contributed by atoms with Gasteiger partial charge in [-0.1, -0.05) is 13.8 Å². The second-order valence-electron chi connectivity index (χ2n) is 3.71. The van der Waals surface area contributed by atoms with E-state index >= 15 is 0 Å². The quantitative estimate of drug-likeness (QED) is 0.496. The van der Waals surface area contributed by atoms with Gasteiger partial charge in [-0.3, -0.25) is 0 Å². The first-order chi connectivity index (χ1) is 6.56. The largest absolute Gasteiger partial charge is 0.461 e. The van der Waals surface area contributed by atoms with Gasteiger partial charge in [-0.2, -0.15) is 0 Å². The Morgan fingerprint density at radius 1 is 1.36 bits per heavy atom. The Balaban J connectivity index is 3.50. The van der Waals surface area contributed by atoms with Gasteiger partial charge in [0.05, 0.1) is 19.3 Å². The number of aliphatic hydroxyl groups is 1. The summed E-state index contributed by atoms with van der Waals surface area (Å²) >= 11 is 0. The highest BCUT2D eigenvalue weighted by Crippen LogP contribution is 2.07. The van der Waals surface area contributed by atoms with Crippen LogP contribution in [0.15, 0.2) is 0 Å². The summed E-state index contributed by atoms with van der Waals surface area (Å²) in [6.07, 6.45) is 0.784. The molecule has 0 heterocycles. The van der Waals surface area contributed by atoms with Crippen LogP contribution in [0.25, 0.3) is 0 Å². The number of ether oxygens (including phenoxy) is 2. The molecule has 0 radical (unpaired) electrons. The summed E-state index contributed by atoms with van der Waals surface area (Å²) in [7, 11) is 0. The van der Waals surface area contributed by atoms with E-state index in [1.165, 1.54) is 0 Å². The van der Waals surface area contributed by atoms with E-state index in [1.54, 1.807) is 0 Å². The maximum atomic E-state index is 11.1. The molecule has 0 aromatic rings. The highest BCUT2D eigenvalue weighted by molar-refractivity contribution is 5.70. The van der Waals surface area contributed by atoms with Gasteiger partial charge in [0.25, 0.3) is 0 Å². The lowest BCUT2D eigenvalue weighted by atomic mass is 10.1. The Hall–Kier alpha value is -0.610. The first-order valence-corrected chi connectivity index (χ1v) is 4.94. The van der Waals surface area contributed by atoms with Gasteiger partial charge < -0.3 is 14.6 Å². The van der Waals surface area contributed by atoms with Crippen LogP contribution in [-0.2, 0) is 14.3 Å². The van der Waals surface area contributed by atoms with Gasteiger partial charge in [-0.25, -0.2) is 4.79 Å². The molecule has 1 atom stereocenters. The molecule has 0 rings (SSSR count). The molecule has 0 bridgehead atoms. The number of carbonyl (C=O) groups excluding carboxylic acids is 1. The Morgan fingerprint density at radius 3 is 2.50 bits per heavy atom. The fourth-order valence-electron chi connectivity index (χ4n) is 1.19. The van der Waals surface area contributed by atoms with Crippen molar-refractivity contribution in [1.82, 2.24) is 0 Å². The molecule has 0 fully saturated rings. The van der Waals surface area contributed by atoms with Gasteiger partial charge in [-0.05, 0) is 19.3 Å². The summed E-state index contributed by atoms with van der Waals surface area (Å²) in [4.78, 5) is 11.1. The fraction of sp³-hybridized carbons (Fsp3) is 0.900. The van der Waals surface area contributed by atoms with E-state index in [1.807, 2.05) is 6.92 Å². The molecule has 4 nitrogen and oxygen atoms in total. The topological polar surface area (TPSA) is 55.8 Å². The number of hydrogen-bond donors (Lipinski definition) is 1. The molecular formula is C10H20O4. The van der Waals surface area contributed by atoms with Gasteiger partial charge in [0.15, 0.2) is 0 Å². The third-order valence-corrected chi connectivity index (χ3v) is 1.59. The number of carbonyl (C=O) groups is 1. The van der Waals surface area contributed by atoms with E-state index in [4.69, 9.17) is 14.6 Å². The van der Waals surface area contributed by atoms with Gasteiger partial charge in [0.2, 0.25) is 0 Å². The molecule has 14 heavy (non-hydrogen) atoms. The van der Waals surface area contributed by atoms with E-state index < -0.39 is 0 Å². The van der Waals surface area contributed by atoms with E-state index in [0.29, 0.717) is 5.92 Å². The molecule has 1 N–H and O–H groups in total. The van der Waals surface area contributed by atoms with Crippen molar-refractivity contribution < 1.29 is 19.4 Å². The Kier molecular flexibility index (Phi) is 7.42. The first-order valence-electron chi connectivity index (χ1n) is 4.94. The molecule has 0 aliphatic carbocycles. The smallest absolute Gasteiger partial charge is 0.332 e. The van der Waals surface area contributed by atoms with Crippen LogP contribution < -0.4 is 0 Å². The first kappa shape index (κ1) is 13.4. The molecule has 84 valence electrons. The minimum absolute atomic E-state index is 0.0692. The van der Waals surface area contributed by atoms with Crippen LogP contribution in [-0.4, -0.2) is 37.0 Å². The summed E-state index contributed by atoms with van der Waals surface area (Å²) in [6.45, 7) is 6.04. The molecule has 0 aliphatic heterocycles. The monoisotopic (exact) mass is 204 g/mol. The molecule has 0 aliphatic rings. The van der Waals surface area contributed by atoms with Crippen molar-refractivity contribution in [2.45, 2.75) is 33.3 Å². The van der Waals surface area contributed by atoms with Crippen LogP contribution in [0.1, 0.15) is 27.2 Å². The average Bonchev–Trinajstić information content (AvgIpc) is 2.02. The van der Waals surface area contributed by atoms with Crippen LogP contribution >= 0.6 is 0 Å². The maximum Gasteiger partial charge on any atom is 0.332 e. The van der Waals surface area contributed by atoms with Crippen LogP contribution in [0.2, 0.25) is 0 Å². The summed E-state index contributed by atoms with van der Waals surface area (Å²) < 4.78 is 9.89. The second-order valence-corrected chi connectivity index (χ2v) is 3.71. The van der Waals surface area contributed by atoms with Crippen molar-refractivity contribution in [1.29, 1.82) is 0 Å². The van der Waals surface area contributed by atoms with Crippen molar-refractivity contribution in [3.63, 3.8) is 0 Å². The standard InChI is InChI=1S/C10H20O4/c1-8(2)6-9(3)14-10(12)7-13-5-4-11/h8-9,11H,4-7H2,1-3H3. The lowest BCUT2D eigenvalue weighted by Crippen LogP contribution is -2.21. The van der Waals surface area contributed by atoms with Crippen LogP contribution in [0.3, 0.4) is 0 Å². The molecule has 1 unspecified atom stereocenters. The van der Waals surface area contributed by atoms with Crippen LogP contribution in [0.4, 0.5) is 0 Å². The van der Waals surface area contributed by atoms with Crippen molar-refractivity contribution in [2.75, 3.05) is 19.8 Å². The normalized spacial score (nSPS) is 12.9. The molecule has 0 amide bonds. The summed E-state index contributed by atoms with van der Waals surface area (Å²) in [6, 6.07) is 0. The minimum atomic E-state index is -0.369. The number of esters is 1. The van der Waals surface area contributed by atoms with Crippen molar-refractivity contribution in [3.05, 3.63) is 0 Å². The Morgan fingerprint density at radius 2 is 2.00 bits per heavy atom. The van der Waals surface area contributed by atoms with Crippen LogP contribution in [0, 0.1) is 5.92 Å². The SMILES string of the molecule is CC(C)CC(C)OC(=O)COCCO. The fourth-order valence-corrected chi connectivity index (χ4v) is 1.19. The highest BCUT2D eigenvalue weighted by Gasteiger charge is 2.10. The van der Waals surface area contributed by atoms with Crippen LogP contribution in [0.5, 0.6) is 0 Å². The van der Waals surface area contributed by atoms with Gasteiger partial charge >= 0.3 is 5.97 Å². The molecule has 0 saturated carbocycles. The molecular weight excluding hydrogens is 184 g/mol. The zero-order valence-corrected chi connectivity index (χ0v) is 9.16. The van der Waals surface area contributed by atoms with Crippen molar-refractivity contribution in [2.24, 2.45) is 5.92 Å². The minimum Gasteiger partial charge on any atom is -0.461 e. The Bertz CT molecular complexity index is 156. The Labute approximate surface area is 85.2 Å². The third kappa shape index (κ3) is 8.01. The molecule has 4 heteroatoms. The lowest BCUT2D eigenvalue weighted by Gasteiger charge is -2.14. The average molecular weight is 204 g/mol. The number of aliphatic hydroxyl groups excluding tert-OH is 1. The van der Waals surface area contributed by atoms with Gasteiger partial charge in [-0.15, -0.1) is 0 Å². The van der Waals surface area contributed by atoms with Gasteiger partial charge in [0.1, 0.15) is 6.61 Å². The third-order valence-electron chi connectivity index (χ3n) is 1.59. The predicted octanol–water partition coefficient (Wildman–Crippen LogP) is 0.973. The summed E-state index contributed by atoms with van der Waals surface area (Å²) in [5, 5.41) is 8.40. The van der Waals surface area contributed by atoms with E-state index in [2.05, 4.69) is 13.8 Å². The second kappa shape index (κ2) is 7.76.